The first-order valence-corrected chi connectivity index (χ1v) is 11.2. The number of carbonyl (C=O) groups is 2. The standard InChI is InChI=1S/C24H35N3O3S/c1-8-27-16(4)20(22(29)30-14-15(2)3)21(26-23(27)31)17-9-11-18(12-10-17)25-19(28)13-24(5,6)7/h9-12,15,21H,8,13-14H2,1-7H3,(H,25,28)(H,26,31)/t21-/m0/s1. The monoisotopic (exact) mass is 445 g/mol. The second-order valence-corrected chi connectivity index (χ2v) is 9.91. The van der Waals surface area contributed by atoms with Crippen molar-refractivity contribution in [3.05, 3.63) is 41.1 Å². The second-order valence-electron chi connectivity index (χ2n) is 9.53. The Morgan fingerprint density at radius 2 is 1.84 bits per heavy atom. The van der Waals surface area contributed by atoms with E-state index in [9.17, 15) is 9.59 Å². The smallest absolute Gasteiger partial charge is 0.338 e. The molecule has 6 nitrogen and oxygen atoms in total. The van der Waals surface area contributed by atoms with Gasteiger partial charge in [0.25, 0.3) is 0 Å². The molecule has 0 fully saturated rings. The summed E-state index contributed by atoms with van der Waals surface area (Å²) >= 11 is 5.53. The minimum atomic E-state index is -0.408. The fourth-order valence-corrected chi connectivity index (χ4v) is 3.83. The Labute approximate surface area is 191 Å². The summed E-state index contributed by atoms with van der Waals surface area (Å²) in [5, 5.41) is 6.79. The first-order valence-electron chi connectivity index (χ1n) is 10.8. The Morgan fingerprint density at radius 1 is 1.23 bits per heavy atom. The SMILES string of the molecule is CCN1C(=S)N[C@@H](c2ccc(NC(=O)CC(C)(C)C)cc2)C(C(=O)OCC(C)C)=C1C. The zero-order valence-electron chi connectivity index (χ0n) is 19.7. The summed E-state index contributed by atoms with van der Waals surface area (Å²) in [6.07, 6.45) is 0.438. The number of rotatable bonds is 7. The van der Waals surface area contributed by atoms with E-state index in [1.54, 1.807) is 0 Å². The number of thiocarbonyl (C=S) groups is 1. The molecule has 0 aliphatic carbocycles. The topological polar surface area (TPSA) is 70.7 Å². The van der Waals surface area contributed by atoms with Gasteiger partial charge in [0.05, 0.1) is 18.2 Å². The van der Waals surface area contributed by atoms with Crippen LogP contribution in [0, 0.1) is 11.3 Å². The van der Waals surface area contributed by atoms with Crippen molar-refractivity contribution in [3.63, 3.8) is 0 Å². The summed E-state index contributed by atoms with van der Waals surface area (Å²) in [5.74, 6) is -0.115. The van der Waals surface area contributed by atoms with Crippen LogP contribution in [0.25, 0.3) is 0 Å². The van der Waals surface area contributed by atoms with Crippen molar-refractivity contribution in [2.75, 3.05) is 18.5 Å². The number of carbonyl (C=O) groups excluding carboxylic acids is 2. The van der Waals surface area contributed by atoms with E-state index < -0.39 is 6.04 Å². The highest BCUT2D eigenvalue weighted by atomic mass is 32.1. The molecule has 31 heavy (non-hydrogen) atoms. The lowest BCUT2D eigenvalue weighted by atomic mass is 9.92. The van der Waals surface area contributed by atoms with Gasteiger partial charge in [0.1, 0.15) is 0 Å². The molecule has 1 aromatic rings. The fourth-order valence-electron chi connectivity index (χ4n) is 3.44. The molecule has 0 bridgehead atoms. The highest BCUT2D eigenvalue weighted by molar-refractivity contribution is 7.80. The van der Waals surface area contributed by atoms with Gasteiger partial charge in [-0.05, 0) is 55.1 Å². The lowest BCUT2D eigenvalue weighted by molar-refractivity contribution is -0.140. The number of hydrogen-bond donors (Lipinski definition) is 2. The quantitative estimate of drug-likeness (QED) is 0.465. The number of benzene rings is 1. The lowest BCUT2D eigenvalue weighted by Crippen LogP contribution is -2.47. The first-order chi connectivity index (χ1) is 14.4. The van der Waals surface area contributed by atoms with Crippen LogP contribution in [0.4, 0.5) is 5.69 Å². The fraction of sp³-hybridized carbons (Fsp3) is 0.542. The number of anilines is 1. The van der Waals surface area contributed by atoms with Gasteiger partial charge in [-0.1, -0.05) is 46.8 Å². The molecule has 1 aromatic carbocycles. The Hall–Kier alpha value is -2.41. The molecule has 0 spiro atoms. The van der Waals surface area contributed by atoms with Crippen molar-refractivity contribution in [2.45, 2.75) is 60.9 Å². The van der Waals surface area contributed by atoms with Crippen LogP contribution in [-0.4, -0.2) is 35.0 Å². The van der Waals surface area contributed by atoms with E-state index in [4.69, 9.17) is 17.0 Å². The second kappa shape index (κ2) is 10.3. The zero-order chi connectivity index (χ0) is 23.3. The third-order valence-corrected chi connectivity index (χ3v) is 5.24. The molecule has 1 aliphatic rings. The molecule has 1 aliphatic heterocycles. The number of nitrogens with zero attached hydrogens (tertiary/aromatic N) is 1. The zero-order valence-corrected chi connectivity index (χ0v) is 20.5. The number of nitrogens with one attached hydrogen (secondary N) is 2. The van der Waals surface area contributed by atoms with E-state index in [2.05, 4.69) is 10.6 Å². The maximum Gasteiger partial charge on any atom is 0.338 e. The normalized spacial score (nSPS) is 17.0. The third-order valence-electron chi connectivity index (χ3n) is 4.90. The van der Waals surface area contributed by atoms with Gasteiger partial charge in [0.15, 0.2) is 5.11 Å². The molecule has 1 amide bonds. The van der Waals surface area contributed by atoms with Gasteiger partial charge < -0.3 is 20.3 Å². The summed E-state index contributed by atoms with van der Waals surface area (Å²) in [5.41, 5.74) is 2.87. The molecule has 1 atom stereocenters. The van der Waals surface area contributed by atoms with Crippen molar-refractivity contribution in [2.24, 2.45) is 11.3 Å². The Balaban J connectivity index is 2.29. The first kappa shape index (κ1) is 24.9. The van der Waals surface area contributed by atoms with Gasteiger partial charge in [-0.3, -0.25) is 4.79 Å². The van der Waals surface area contributed by atoms with Gasteiger partial charge in [0.2, 0.25) is 5.91 Å². The van der Waals surface area contributed by atoms with E-state index >= 15 is 0 Å². The minimum absolute atomic E-state index is 0.0236. The van der Waals surface area contributed by atoms with Crippen LogP contribution in [0.2, 0.25) is 0 Å². The summed E-state index contributed by atoms with van der Waals surface area (Å²) in [7, 11) is 0. The maximum absolute atomic E-state index is 13.0. The van der Waals surface area contributed by atoms with Crippen molar-refractivity contribution in [3.8, 4) is 0 Å². The Bertz CT molecular complexity index is 854. The summed E-state index contributed by atoms with van der Waals surface area (Å²) in [4.78, 5) is 27.1. The number of esters is 1. The molecule has 170 valence electrons. The molecule has 0 radical (unpaired) electrons. The average Bonchev–Trinajstić information content (AvgIpc) is 2.65. The van der Waals surface area contributed by atoms with E-state index in [-0.39, 0.29) is 23.2 Å². The van der Waals surface area contributed by atoms with Crippen LogP contribution in [0.5, 0.6) is 0 Å². The van der Waals surface area contributed by atoms with Crippen LogP contribution in [-0.2, 0) is 14.3 Å². The van der Waals surface area contributed by atoms with E-state index in [1.165, 1.54) is 0 Å². The van der Waals surface area contributed by atoms with Crippen LogP contribution in [0.1, 0.15) is 66.5 Å². The van der Waals surface area contributed by atoms with Gasteiger partial charge in [-0.15, -0.1) is 0 Å². The Kier molecular flexibility index (Phi) is 8.23. The van der Waals surface area contributed by atoms with Crippen molar-refractivity contribution >= 4 is 34.9 Å². The van der Waals surface area contributed by atoms with E-state index in [0.29, 0.717) is 30.3 Å². The van der Waals surface area contributed by atoms with Crippen LogP contribution in [0.15, 0.2) is 35.5 Å². The predicted octanol–water partition coefficient (Wildman–Crippen LogP) is 4.79. The largest absolute Gasteiger partial charge is 0.462 e. The maximum atomic E-state index is 13.0. The van der Waals surface area contributed by atoms with Gasteiger partial charge >= 0.3 is 5.97 Å². The molecule has 0 aromatic heterocycles. The Morgan fingerprint density at radius 3 is 2.35 bits per heavy atom. The summed E-state index contributed by atoms with van der Waals surface area (Å²) in [6, 6.07) is 7.09. The number of amides is 1. The molecule has 0 saturated carbocycles. The van der Waals surface area contributed by atoms with Gasteiger partial charge in [-0.2, -0.15) is 0 Å². The average molecular weight is 446 g/mol. The molecule has 1 heterocycles. The van der Waals surface area contributed by atoms with Gasteiger partial charge in [-0.25, -0.2) is 4.79 Å². The minimum Gasteiger partial charge on any atom is -0.462 e. The number of allylic oxidation sites excluding steroid dienone is 1. The van der Waals surface area contributed by atoms with Crippen LogP contribution in [0.3, 0.4) is 0 Å². The van der Waals surface area contributed by atoms with E-state index in [0.717, 1.165) is 16.9 Å². The van der Waals surface area contributed by atoms with Crippen molar-refractivity contribution in [1.82, 2.24) is 10.2 Å². The van der Waals surface area contributed by atoms with Crippen LogP contribution >= 0.6 is 12.2 Å². The third kappa shape index (κ3) is 6.79. The molecule has 7 heteroatoms. The van der Waals surface area contributed by atoms with Crippen LogP contribution < -0.4 is 10.6 Å². The predicted molar refractivity (Wildman–Crippen MR) is 128 cm³/mol. The molecular formula is C24H35N3O3S. The molecule has 0 unspecified atom stereocenters. The molecule has 2 N–H and O–H groups in total. The number of hydrogen-bond acceptors (Lipinski definition) is 4. The summed E-state index contributed by atoms with van der Waals surface area (Å²) < 4.78 is 5.55. The van der Waals surface area contributed by atoms with E-state index in [1.807, 2.05) is 77.6 Å². The van der Waals surface area contributed by atoms with Crippen molar-refractivity contribution < 1.29 is 14.3 Å². The lowest BCUT2D eigenvalue weighted by Gasteiger charge is -2.37. The van der Waals surface area contributed by atoms with Gasteiger partial charge in [0, 0.05) is 24.4 Å². The molecule has 0 saturated heterocycles. The highest BCUT2D eigenvalue weighted by Gasteiger charge is 2.34. The molecular weight excluding hydrogens is 410 g/mol. The highest BCUT2D eigenvalue weighted by Crippen LogP contribution is 2.32. The number of ether oxygens (including phenoxy) is 1. The van der Waals surface area contributed by atoms with Crippen molar-refractivity contribution in [1.29, 1.82) is 0 Å². The summed E-state index contributed by atoms with van der Waals surface area (Å²) in [6.45, 7) is 15.0. The molecule has 2 rings (SSSR count).